The highest BCUT2D eigenvalue weighted by Gasteiger charge is 2.07. The lowest BCUT2D eigenvalue weighted by atomic mass is 10.2. The average molecular weight is 211 g/mol. The molecular weight excluding hydrogens is 206 g/mol. The molecule has 1 aromatic heterocycles. The minimum Gasteiger partial charge on any atom is -0.258 e. The number of thiol groups is 1. The number of nitro benzene ring substituents is 1. The predicted octanol–water partition coefficient (Wildman–Crippen LogP) is 3.10. The Labute approximate surface area is 83.6 Å². The number of thiophene rings is 1. The molecule has 2 rings (SSSR count). The number of hydrogen-bond acceptors (Lipinski definition) is 4. The molecule has 0 saturated heterocycles. The third kappa shape index (κ3) is 1.52. The van der Waals surface area contributed by atoms with Crippen LogP contribution in [0.2, 0.25) is 0 Å². The van der Waals surface area contributed by atoms with Gasteiger partial charge in [0, 0.05) is 22.2 Å². The number of non-ortho nitro benzene ring substituents is 1. The lowest BCUT2D eigenvalue weighted by Crippen LogP contribution is -1.85. The Morgan fingerprint density at radius 3 is 2.85 bits per heavy atom. The van der Waals surface area contributed by atoms with Gasteiger partial charge < -0.3 is 0 Å². The zero-order chi connectivity index (χ0) is 9.42. The van der Waals surface area contributed by atoms with Gasteiger partial charge in [0.2, 0.25) is 0 Å². The summed E-state index contributed by atoms with van der Waals surface area (Å²) in [4.78, 5) is 10.0. The minimum absolute atomic E-state index is 0.124. The summed E-state index contributed by atoms with van der Waals surface area (Å²) in [5.41, 5.74) is 0.124. The molecule has 0 aliphatic heterocycles. The molecule has 0 N–H and O–H groups in total. The summed E-state index contributed by atoms with van der Waals surface area (Å²) in [5, 5.41) is 11.3. The van der Waals surface area contributed by atoms with Crippen molar-refractivity contribution in [3.63, 3.8) is 0 Å². The highest BCUT2D eigenvalue weighted by molar-refractivity contribution is 7.83. The van der Waals surface area contributed by atoms with E-state index in [0.717, 1.165) is 14.3 Å². The van der Waals surface area contributed by atoms with Gasteiger partial charge in [-0.2, -0.15) is 0 Å². The normalized spacial score (nSPS) is 10.5. The Hall–Kier alpha value is -1.07. The van der Waals surface area contributed by atoms with Gasteiger partial charge in [-0.25, -0.2) is 0 Å². The van der Waals surface area contributed by atoms with Crippen molar-refractivity contribution in [3.05, 3.63) is 34.4 Å². The lowest BCUT2D eigenvalue weighted by Gasteiger charge is -1.89. The van der Waals surface area contributed by atoms with Crippen LogP contribution >= 0.6 is 24.0 Å². The maximum absolute atomic E-state index is 10.4. The molecule has 0 amide bonds. The molecule has 0 spiro atoms. The molecule has 0 aliphatic carbocycles. The molecule has 0 saturated carbocycles. The van der Waals surface area contributed by atoms with Gasteiger partial charge in [-0.15, -0.1) is 24.0 Å². The fourth-order valence-electron chi connectivity index (χ4n) is 1.13. The van der Waals surface area contributed by atoms with Gasteiger partial charge in [-0.1, -0.05) is 0 Å². The van der Waals surface area contributed by atoms with Crippen LogP contribution in [-0.4, -0.2) is 4.92 Å². The molecule has 1 aromatic carbocycles. The van der Waals surface area contributed by atoms with Crippen molar-refractivity contribution in [2.24, 2.45) is 0 Å². The third-order valence-corrected chi connectivity index (χ3v) is 3.02. The molecular formula is C8H5NO2S2. The van der Waals surface area contributed by atoms with Crippen LogP contribution in [0.25, 0.3) is 10.1 Å². The van der Waals surface area contributed by atoms with Gasteiger partial charge in [0.05, 0.1) is 9.13 Å². The van der Waals surface area contributed by atoms with Crippen molar-refractivity contribution in [2.45, 2.75) is 4.21 Å². The van der Waals surface area contributed by atoms with Gasteiger partial charge in [0.25, 0.3) is 5.69 Å². The van der Waals surface area contributed by atoms with Crippen LogP contribution in [0.3, 0.4) is 0 Å². The van der Waals surface area contributed by atoms with E-state index < -0.39 is 4.92 Å². The van der Waals surface area contributed by atoms with Crippen molar-refractivity contribution in [1.29, 1.82) is 0 Å². The van der Waals surface area contributed by atoms with E-state index in [0.29, 0.717) is 0 Å². The zero-order valence-corrected chi connectivity index (χ0v) is 8.14. The molecule has 0 fully saturated rings. The second kappa shape index (κ2) is 3.01. The van der Waals surface area contributed by atoms with E-state index in [1.54, 1.807) is 12.1 Å². The monoisotopic (exact) mass is 211 g/mol. The van der Waals surface area contributed by atoms with Crippen LogP contribution < -0.4 is 0 Å². The Morgan fingerprint density at radius 1 is 1.38 bits per heavy atom. The molecule has 0 atom stereocenters. The van der Waals surface area contributed by atoms with Crippen LogP contribution in [-0.2, 0) is 0 Å². The number of fused-ring (bicyclic) bond motifs is 1. The summed E-state index contributed by atoms with van der Waals surface area (Å²) < 4.78 is 1.89. The molecule has 1 heterocycles. The highest BCUT2D eigenvalue weighted by Crippen LogP contribution is 2.30. The van der Waals surface area contributed by atoms with Crippen molar-refractivity contribution >= 4 is 39.7 Å². The first-order valence-corrected chi connectivity index (χ1v) is 4.80. The SMILES string of the molecule is O=[N+]([O-])c1ccc2sc(S)cc2c1. The van der Waals surface area contributed by atoms with Gasteiger partial charge >= 0.3 is 0 Å². The second-order valence-corrected chi connectivity index (χ2v) is 4.43. The van der Waals surface area contributed by atoms with Crippen molar-refractivity contribution in [3.8, 4) is 0 Å². The van der Waals surface area contributed by atoms with Gasteiger partial charge in [0.15, 0.2) is 0 Å². The van der Waals surface area contributed by atoms with Crippen LogP contribution in [0.1, 0.15) is 0 Å². The Morgan fingerprint density at radius 2 is 2.15 bits per heavy atom. The largest absolute Gasteiger partial charge is 0.270 e. The van der Waals surface area contributed by atoms with Gasteiger partial charge in [0.1, 0.15) is 0 Å². The summed E-state index contributed by atoms with van der Waals surface area (Å²) in [5.74, 6) is 0. The van der Waals surface area contributed by atoms with E-state index in [1.165, 1.54) is 17.4 Å². The van der Waals surface area contributed by atoms with Crippen LogP contribution in [0.4, 0.5) is 5.69 Å². The predicted molar refractivity (Wildman–Crippen MR) is 55.7 cm³/mol. The number of benzene rings is 1. The molecule has 0 bridgehead atoms. The van der Waals surface area contributed by atoms with E-state index in [2.05, 4.69) is 12.6 Å². The Bertz CT molecular complexity index is 478. The number of nitrogens with zero attached hydrogens (tertiary/aromatic N) is 1. The minimum atomic E-state index is -0.394. The number of nitro groups is 1. The average Bonchev–Trinajstić information content (AvgIpc) is 2.42. The third-order valence-electron chi connectivity index (χ3n) is 1.70. The van der Waals surface area contributed by atoms with E-state index in [9.17, 15) is 10.1 Å². The standard InChI is InChI=1S/C8H5NO2S2/c10-9(11)6-1-2-7-5(3-6)4-8(12)13-7/h1-4,12H. The summed E-state index contributed by atoms with van der Waals surface area (Å²) in [6.07, 6.45) is 0. The van der Waals surface area contributed by atoms with Crippen molar-refractivity contribution in [1.82, 2.24) is 0 Å². The van der Waals surface area contributed by atoms with Crippen LogP contribution in [0.5, 0.6) is 0 Å². The fraction of sp³-hybridized carbons (Fsp3) is 0. The quantitative estimate of drug-likeness (QED) is 0.447. The maximum atomic E-state index is 10.4. The molecule has 2 aromatic rings. The number of hydrogen-bond donors (Lipinski definition) is 1. The van der Waals surface area contributed by atoms with E-state index in [1.807, 2.05) is 6.07 Å². The van der Waals surface area contributed by atoms with E-state index in [-0.39, 0.29) is 5.69 Å². The van der Waals surface area contributed by atoms with Crippen LogP contribution in [0, 0.1) is 10.1 Å². The summed E-state index contributed by atoms with van der Waals surface area (Å²) in [6, 6.07) is 6.64. The van der Waals surface area contributed by atoms with Crippen molar-refractivity contribution < 1.29 is 4.92 Å². The van der Waals surface area contributed by atoms with Crippen LogP contribution in [0.15, 0.2) is 28.5 Å². The molecule has 66 valence electrons. The van der Waals surface area contributed by atoms with Gasteiger partial charge in [-0.05, 0) is 12.1 Å². The first kappa shape index (κ1) is 8.52. The molecule has 0 radical (unpaired) electrons. The molecule has 13 heavy (non-hydrogen) atoms. The van der Waals surface area contributed by atoms with Gasteiger partial charge in [-0.3, -0.25) is 10.1 Å². The topological polar surface area (TPSA) is 43.1 Å². The molecule has 0 aliphatic rings. The summed E-state index contributed by atoms with van der Waals surface area (Å²) in [6.45, 7) is 0. The molecule has 0 unspecified atom stereocenters. The highest BCUT2D eigenvalue weighted by atomic mass is 32.2. The Balaban J connectivity index is 2.67. The first-order valence-electron chi connectivity index (χ1n) is 3.54. The first-order chi connectivity index (χ1) is 6.16. The smallest absolute Gasteiger partial charge is 0.258 e. The second-order valence-electron chi connectivity index (χ2n) is 2.56. The summed E-state index contributed by atoms with van der Waals surface area (Å²) >= 11 is 5.69. The molecule has 5 heteroatoms. The summed E-state index contributed by atoms with van der Waals surface area (Å²) in [7, 11) is 0. The fourth-order valence-corrected chi connectivity index (χ4v) is 2.35. The maximum Gasteiger partial charge on any atom is 0.270 e. The van der Waals surface area contributed by atoms with E-state index >= 15 is 0 Å². The Kier molecular flexibility index (Phi) is 1.97. The molecule has 3 nitrogen and oxygen atoms in total. The number of rotatable bonds is 1. The van der Waals surface area contributed by atoms with Crippen molar-refractivity contribution in [2.75, 3.05) is 0 Å². The lowest BCUT2D eigenvalue weighted by molar-refractivity contribution is -0.384. The van der Waals surface area contributed by atoms with E-state index in [4.69, 9.17) is 0 Å². The zero-order valence-electron chi connectivity index (χ0n) is 6.43.